The predicted octanol–water partition coefficient (Wildman–Crippen LogP) is 2.84. The van der Waals surface area contributed by atoms with Crippen LogP contribution in [0.4, 0.5) is 13.2 Å². The number of nitrogens with zero attached hydrogens (tertiary/aromatic N) is 3. The van der Waals surface area contributed by atoms with Crippen molar-refractivity contribution in [3.63, 3.8) is 0 Å². The average molecular weight is 394 g/mol. The normalized spacial score (nSPS) is 11.4. The zero-order valence-electron chi connectivity index (χ0n) is 14.9. The molecule has 2 heterocycles. The van der Waals surface area contributed by atoms with Crippen molar-refractivity contribution in [3.8, 4) is 11.5 Å². The van der Waals surface area contributed by atoms with Crippen LogP contribution < -0.4 is 14.8 Å². The molecule has 0 radical (unpaired) electrons. The maximum absolute atomic E-state index is 12.9. The van der Waals surface area contributed by atoms with E-state index >= 15 is 0 Å². The van der Waals surface area contributed by atoms with Crippen LogP contribution >= 0.6 is 0 Å². The molecule has 1 amide bonds. The molecule has 0 fully saturated rings. The summed E-state index contributed by atoms with van der Waals surface area (Å²) in [5.74, 6) is 0.641. The van der Waals surface area contributed by atoms with Crippen molar-refractivity contribution < 1.29 is 27.4 Å². The Morgan fingerprint density at radius 2 is 1.82 bits per heavy atom. The van der Waals surface area contributed by atoms with Gasteiger partial charge in [-0.3, -0.25) is 9.20 Å². The number of aromatic nitrogens is 3. The Morgan fingerprint density at radius 3 is 2.50 bits per heavy atom. The van der Waals surface area contributed by atoms with Crippen LogP contribution in [-0.2, 0) is 17.5 Å². The summed E-state index contributed by atoms with van der Waals surface area (Å²) in [5.41, 5.74) is -0.581. The summed E-state index contributed by atoms with van der Waals surface area (Å²) in [5, 5.41) is 10.2. The van der Waals surface area contributed by atoms with Crippen molar-refractivity contribution in [2.24, 2.45) is 0 Å². The number of carbonyl (C=O) groups is 1. The zero-order valence-corrected chi connectivity index (χ0v) is 14.9. The van der Waals surface area contributed by atoms with Gasteiger partial charge in [0.2, 0.25) is 0 Å². The number of rotatable bonds is 7. The van der Waals surface area contributed by atoms with Gasteiger partial charge in [-0.15, -0.1) is 10.2 Å². The van der Waals surface area contributed by atoms with Crippen molar-refractivity contribution in [1.29, 1.82) is 0 Å². The highest BCUT2D eigenvalue weighted by Crippen LogP contribution is 2.29. The van der Waals surface area contributed by atoms with Crippen LogP contribution in [-0.4, -0.2) is 33.7 Å². The average Bonchev–Trinajstić information content (AvgIpc) is 3.07. The Bertz CT molecular complexity index is 972. The predicted molar refractivity (Wildman–Crippen MR) is 92.9 cm³/mol. The number of amides is 1. The molecule has 0 bridgehead atoms. The van der Waals surface area contributed by atoms with Crippen LogP contribution in [0.3, 0.4) is 0 Å². The number of halogens is 3. The van der Waals surface area contributed by atoms with E-state index in [0.717, 1.165) is 12.3 Å². The summed E-state index contributed by atoms with van der Waals surface area (Å²) in [6.45, 7) is 1.90. The highest BCUT2D eigenvalue weighted by atomic mass is 19.4. The van der Waals surface area contributed by atoms with Crippen molar-refractivity contribution in [2.75, 3.05) is 13.2 Å². The van der Waals surface area contributed by atoms with Crippen LogP contribution in [0.25, 0.3) is 5.65 Å². The van der Waals surface area contributed by atoms with E-state index in [1.54, 1.807) is 24.3 Å². The molecule has 0 aliphatic carbocycles. The fourth-order valence-electron chi connectivity index (χ4n) is 2.44. The van der Waals surface area contributed by atoms with E-state index in [2.05, 4.69) is 15.5 Å². The number of pyridine rings is 1. The van der Waals surface area contributed by atoms with Crippen molar-refractivity contribution in [2.45, 2.75) is 19.6 Å². The van der Waals surface area contributed by atoms with Crippen molar-refractivity contribution in [3.05, 3.63) is 54.0 Å². The second kappa shape index (κ2) is 8.15. The molecule has 1 N–H and O–H groups in total. The highest BCUT2D eigenvalue weighted by Gasteiger charge is 2.31. The monoisotopic (exact) mass is 394 g/mol. The maximum atomic E-state index is 12.9. The van der Waals surface area contributed by atoms with Crippen LogP contribution in [0.5, 0.6) is 11.5 Å². The molecule has 0 saturated carbocycles. The van der Waals surface area contributed by atoms with Gasteiger partial charge in [0.05, 0.1) is 18.7 Å². The standard InChI is InChI=1S/C18H17F3N4O3/c1-2-27-13-5-3-4-6-14(13)28-11-17(26)22-9-16-24-23-15-8-7-12(10-25(15)16)18(19,20)21/h3-8,10H,2,9,11H2,1H3,(H,22,26). The van der Waals surface area contributed by atoms with Crippen molar-refractivity contribution >= 4 is 11.6 Å². The Labute approximate surface area is 158 Å². The molecule has 148 valence electrons. The van der Waals surface area contributed by atoms with Gasteiger partial charge < -0.3 is 14.8 Å². The number of hydrogen-bond donors (Lipinski definition) is 1. The number of alkyl halides is 3. The van der Waals surface area contributed by atoms with E-state index in [4.69, 9.17) is 9.47 Å². The second-order valence-electron chi connectivity index (χ2n) is 5.71. The molecule has 0 atom stereocenters. The van der Waals surface area contributed by atoms with Crippen LogP contribution in [0, 0.1) is 0 Å². The summed E-state index contributed by atoms with van der Waals surface area (Å²) in [6.07, 6.45) is -3.59. The van der Waals surface area contributed by atoms with Gasteiger partial charge in [0, 0.05) is 6.20 Å². The van der Waals surface area contributed by atoms with E-state index < -0.39 is 17.6 Å². The third-order valence-electron chi connectivity index (χ3n) is 3.75. The number of hydrogen-bond acceptors (Lipinski definition) is 5. The lowest BCUT2D eigenvalue weighted by Crippen LogP contribution is -2.29. The largest absolute Gasteiger partial charge is 0.490 e. The molecule has 0 aliphatic heterocycles. The minimum atomic E-state index is -4.49. The maximum Gasteiger partial charge on any atom is 0.417 e. The van der Waals surface area contributed by atoms with E-state index in [0.29, 0.717) is 18.1 Å². The van der Waals surface area contributed by atoms with E-state index in [1.807, 2.05) is 6.92 Å². The highest BCUT2D eigenvalue weighted by molar-refractivity contribution is 5.77. The molecule has 10 heteroatoms. The number of fused-ring (bicyclic) bond motifs is 1. The lowest BCUT2D eigenvalue weighted by Gasteiger charge is -2.11. The molecule has 7 nitrogen and oxygen atoms in total. The molecule has 3 rings (SSSR count). The first-order valence-electron chi connectivity index (χ1n) is 8.40. The molecule has 0 spiro atoms. The summed E-state index contributed by atoms with van der Waals surface area (Å²) < 4.78 is 50.6. The molecule has 0 saturated heterocycles. The molecule has 0 unspecified atom stereocenters. The van der Waals surface area contributed by atoms with Crippen molar-refractivity contribution in [1.82, 2.24) is 19.9 Å². The summed E-state index contributed by atoms with van der Waals surface area (Å²) in [7, 11) is 0. The fourth-order valence-corrected chi connectivity index (χ4v) is 2.44. The first kappa shape index (κ1) is 19.5. The van der Waals surface area contributed by atoms with E-state index in [9.17, 15) is 18.0 Å². The number of nitrogens with one attached hydrogen (secondary N) is 1. The molecular formula is C18H17F3N4O3. The number of benzene rings is 1. The second-order valence-corrected chi connectivity index (χ2v) is 5.71. The number of ether oxygens (including phenoxy) is 2. The smallest absolute Gasteiger partial charge is 0.417 e. The zero-order chi connectivity index (χ0) is 20.1. The molecule has 28 heavy (non-hydrogen) atoms. The minimum Gasteiger partial charge on any atom is -0.490 e. The van der Waals surface area contributed by atoms with Gasteiger partial charge in [-0.2, -0.15) is 13.2 Å². The Hall–Kier alpha value is -3.30. The van der Waals surface area contributed by atoms with Gasteiger partial charge >= 0.3 is 6.18 Å². The van der Waals surface area contributed by atoms with E-state index in [-0.39, 0.29) is 24.6 Å². The molecular weight excluding hydrogens is 377 g/mol. The SMILES string of the molecule is CCOc1ccccc1OCC(=O)NCc1nnc2ccc(C(F)(F)F)cn12. The Morgan fingerprint density at radius 1 is 1.11 bits per heavy atom. The lowest BCUT2D eigenvalue weighted by atomic mass is 10.3. The third kappa shape index (κ3) is 4.51. The Balaban J connectivity index is 1.62. The molecule has 2 aromatic heterocycles. The topological polar surface area (TPSA) is 77.8 Å². The van der Waals surface area contributed by atoms with Crippen LogP contribution in [0.2, 0.25) is 0 Å². The first-order valence-corrected chi connectivity index (χ1v) is 8.40. The van der Waals surface area contributed by atoms with Gasteiger partial charge in [0.1, 0.15) is 0 Å². The number of carbonyl (C=O) groups excluding carboxylic acids is 1. The van der Waals surface area contributed by atoms with Crippen LogP contribution in [0.15, 0.2) is 42.6 Å². The quantitative estimate of drug-likeness (QED) is 0.667. The number of para-hydroxylation sites is 2. The third-order valence-corrected chi connectivity index (χ3v) is 3.75. The summed E-state index contributed by atoms with van der Waals surface area (Å²) in [6, 6.07) is 9.06. The van der Waals surface area contributed by atoms with E-state index in [1.165, 1.54) is 10.5 Å². The minimum absolute atomic E-state index is 0.0994. The van der Waals surface area contributed by atoms with Gasteiger partial charge in [-0.1, -0.05) is 12.1 Å². The lowest BCUT2D eigenvalue weighted by molar-refractivity contribution is -0.137. The Kier molecular flexibility index (Phi) is 5.67. The first-order chi connectivity index (χ1) is 13.4. The van der Waals surface area contributed by atoms with Gasteiger partial charge in [0.25, 0.3) is 5.91 Å². The molecule has 3 aromatic rings. The fraction of sp³-hybridized carbons (Fsp3) is 0.278. The summed E-state index contributed by atoms with van der Waals surface area (Å²) in [4.78, 5) is 12.0. The van der Waals surface area contributed by atoms with Gasteiger partial charge in [-0.25, -0.2) is 0 Å². The molecule has 1 aromatic carbocycles. The summed E-state index contributed by atoms with van der Waals surface area (Å²) >= 11 is 0. The van der Waals surface area contributed by atoms with Gasteiger partial charge in [-0.05, 0) is 31.2 Å². The molecule has 0 aliphatic rings. The van der Waals surface area contributed by atoms with Gasteiger partial charge in [0.15, 0.2) is 29.6 Å². The van der Waals surface area contributed by atoms with Crippen LogP contribution in [0.1, 0.15) is 18.3 Å².